The van der Waals surface area contributed by atoms with Crippen molar-refractivity contribution in [3.8, 4) is 0 Å². The lowest BCUT2D eigenvalue weighted by Crippen LogP contribution is -2.42. The second-order valence-electron chi connectivity index (χ2n) is 3.31. The second-order valence-corrected chi connectivity index (χ2v) is 4.87. The Kier molecular flexibility index (Phi) is 5.55. The topological polar surface area (TPSA) is 24.1 Å². The van der Waals surface area contributed by atoms with Gasteiger partial charge in [0.1, 0.15) is 0 Å². The molecule has 1 aliphatic rings. The first-order valence-electron chi connectivity index (χ1n) is 4.95. The molecule has 0 spiro atoms. The molecule has 4 heteroatoms. The summed E-state index contributed by atoms with van der Waals surface area (Å²) in [6.45, 7) is 3.19. The fraction of sp³-hybridized carbons (Fsp3) is 0.889. The Labute approximate surface area is 90.2 Å². The SMILES string of the molecule is CCCCNC(=S)NC1CCSC1. The molecule has 0 saturated carbocycles. The Hall–Kier alpha value is 0.0400. The minimum atomic E-state index is 0.603. The van der Waals surface area contributed by atoms with Crippen LogP contribution in [-0.2, 0) is 0 Å². The molecule has 0 amide bonds. The summed E-state index contributed by atoms with van der Waals surface area (Å²) in [6.07, 6.45) is 3.66. The first-order valence-corrected chi connectivity index (χ1v) is 6.51. The summed E-state index contributed by atoms with van der Waals surface area (Å²) in [6, 6.07) is 0.603. The molecule has 13 heavy (non-hydrogen) atoms. The highest BCUT2D eigenvalue weighted by Gasteiger charge is 2.15. The van der Waals surface area contributed by atoms with Crippen molar-refractivity contribution in [3.05, 3.63) is 0 Å². The highest BCUT2D eigenvalue weighted by Crippen LogP contribution is 2.16. The summed E-state index contributed by atoms with van der Waals surface area (Å²) in [5.41, 5.74) is 0. The standard InChI is InChI=1S/C9H18N2S2/c1-2-3-5-10-9(12)11-8-4-6-13-7-8/h8H,2-7H2,1H3,(H2,10,11,12). The Morgan fingerprint density at radius 1 is 1.62 bits per heavy atom. The van der Waals surface area contributed by atoms with E-state index in [1.807, 2.05) is 11.8 Å². The maximum atomic E-state index is 5.17. The normalized spacial score (nSPS) is 21.5. The molecule has 2 nitrogen and oxygen atoms in total. The highest BCUT2D eigenvalue weighted by atomic mass is 32.2. The molecule has 0 aromatic heterocycles. The van der Waals surface area contributed by atoms with Crippen molar-refractivity contribution in [1.82, 2.24) is 10.6 Å². The summed E-state index contributed by atoms with van der Waals surface area (Å²) in [5.74, 6) is 2.48. The number of nitrogens with one attached hydrogen (secondary N) is 2. The maximum Gasteiger partial charge on any atom is 0.166 e. The monoisotopic (exact) mass is 218 g/mol. The molecule has 0 aliphatic carbocycles. The van der Waals surface area contributed by atoms with E-state index < -0.39 is 0 Å². The average molecular weight is 218 g/mol. The van der Waals surface area contributed by atoms with Gasteiger partial charge in [-0.2, -0.15) is 11.8 Å². The summed E-state index contributed by atoms with van der Waals surface area (Å²) >= 11 is 7.18. The van der Waals surface area contributed by atoms with E-state index in [1.54, 1.807) is 0 Å². The van der Waals surface area contributed by atoms with Gasteiger partial charge in [0.25, 0.3) is 0 Å². The number of thioether (sulfide) groups is 1. The zero-order valence-corrected chi connectivity index (χ0v) is 9.77. The molecule has 1 fully saturated rings. The number of thiocarbonyl (C=S) groups is 1. The lowest BCUT2D eigenvalue weighted by molar-refractivity contribution is 0.657. The van der Waals surface area contributed by atoms with Crippen molar-refractivity contribution < 1.29 is 0 Å². The van der Waals surface area contributed by atoms with Gasteiger partial charge in [-0.05, 0) is 30.8 Å². The van der Waals surface area contributed by atoms with E-state index in [0.717, 1.165) is 11.7 Å². The third-order valence-corrected chi connectivity index (χ3v) is 3.51. The number of hydrogen-bond acceptors (Lipinski definition) is 2. The third kappa shape index (κ3) is 4.72. The van der Waals surface area contributed by atoms with Gasteiger partial charge in [-0.1, -0.05) is 13.3 Å². The van der Waals surface area contributed by atoms with Crippen LogP contribution in [0.5, 0.6) is 0 Å². The van der Waals surface area contributed by atoms with E-state index in [9.17, 15) is 0 Å². The van der Waals surface area contributed by atoms with E-state index in [2.05, 4.69) is 17.6 Å². The highest BCUT2D eigenvalue weighted by molar-refractivity contribution is 7.99. The fourth-order valence-corrected chi connectivity index (χ4v) is 2.68. The lowest BCUT2D eigenvalue weighted by atomic mass is 10.3. The van der Waals surface area contributed by atoms with Crippen LogP contribution in [0.4, 0.5) is 0 Å². The van der Waals surface area contributed by atoms with Gasteiger partial charge < -0.3 is 10.6 Å². The Morgan fingerprint density at radius 2 is 2.46 bits per heavy atom. The first kappa shape index (κ1) is 11.1. The van der Waals surface area contributed by atoms with Crippen LogP contribution >= 0.6 is 24.0 Å². The van der Waals surface area contributed by atoms with Crippen LogP contribution in [-0.4, -0.2) is 29.2 Å². The molecule has 1 atom stereocenters. The molecule has 1 rings (SSSR count). The molecule has 76 valence electrons. The smallest absolute Gasteiger partial charge is 0.166 e. The van der Waals surface area contributed by atoms with Gasteiger partial charge in [0.2, 0.25) is 0 Å². The van der Waals surface area contributed by atoms with Crippen LogP contribution in [0.15, 0.2) is 0 Å². The summed E-state index contributed by atoms with van der Waals surface area (Å²) in [4.78, 5) is 0. The average Bonchev–Trinajstić information content (AvgIpc) is 2.57. The van der Waals surface area contributed by atoms with Gasteiger partial charge in [-0.15, -0.1) is 0 Å². The van der Waals surface area contributed by atoms with Crippen LogP contribution in [0.25, 0.3) is 0 Å². The van der Waals surface area contributed by atoms with Crippen LogP contribution in [0.1, 0.15) is 26.2 Å². The third-order valence-electron chi connectivity index (χ3n) is 2.08. The molecule has 0 radical (unpaired) electrons. The molecule has 1 aliphatic heterocycles. The second kappa shape index (κ2) is 6.49. The van der Waals surface area contributed by atoms with Crippen molar-refractivity contribution in [3.63, 3.8) is 0 Å². The molecule has 1 unspecified atom stereocenters. The van der Waals surface area contributed by atoms with Gasteiger partial charge in [-0.25, -0.2) is 0 Å². The molecule has 0 bridgehead atoms. The van der Waals surface area contributed by atoms with Crippen molar-refractivity contribution in [1.29, 1.82) is 0 Å². The van der Waals surface area contributed by atoms with Crippen LogP contribution in [0, 0.1) is 0 Å². The fourth-order valence-electron chi connectivity index (χ4n) is 1.26. The van der Waals surface area contributed by atoms with Gasteiger partial charge in [-0.3, -0.25) is 0 Å². The van der Waals surface area contributed by atoms with E-state index in [0.29, 0.717) is 6.04 Å². The zero-order chi connectivity index (χ0) is 9.52. The molecule has 1 heterocycles. The van der Waals surface area contributed by atoms with Gasteiger partial charge in [0.15, 0.2) is 5.11 Å². The van der Waals surface area contributed by atoms with E-state index in [1.165, 1.54) is 30.8 Å². The van der Waals surface area contributed by atoms with E-state index in [-0.39, 0.29) is 0 Å². The largest absolute Gasteiger partial charge is 0.363 e. The minimum absolute atomic E-state index is 0.603. The molecule has 2 N–H and O–H groups in total. The van der Waals surface area contributed by atoms with Crippen LogP contribution in [0.2, 0.25) is 0 Å². The van der Waals surface area contributed by atoms with E-state index in [4.69, 9.17) is 12.2 Å². The number of rotatable bonds is 4. The molecule has 1 saturated heterocycles. The summed E-state index contributed by atoms with van der Waals surface area (Å²) < 4.78 is 0. The number of unbranched alkanes of at least 4 members (excludes halogenated alkanes) is 1. The predicted molar refractivity (Wildman–Crippen MR) is 64.4 cm³/mol. The lowest BCUT2D eigenvalue weighted by Gasteiger charge is -2.14. The number of hydrogen-bond donors (Lipinski definition) is 2. The Balaban J connectivity index is 2.02. The summed E-state index contributed by atoms with van der Waals surface area (Å²) in [7, 11) is 0. The molecule has 0 aromatic rings. The Morgan fingerprint density at radius 3 is 3.08 bits per heavy atom. The molecule has 0 aromatic carbocycles. The first-order chi connectivity index (χ1) is 6.33. The quantitative estimate of drug-likeness (QED) is 0.555. The van der Waals surface area contributed by atoms with Crippen molar-refractivity contribution in [2.75, 3.05) is 18.1 Å². The zero-order valence-electron chi connectivity index (χ0n) is 8.14. The Bertz CT molecular complexity index is 156. The maximum absolute atomic E-state index is 5.17. The molecular weight excluding hydrogens is 200 g/mol. The van der Waals surface area contributed by atoms with Gasteiger partial charge >= 0.3 is 0 Å². The van der Waals surface area contributed by atoms with Crippen molar-refractivity contribution >= 4 is 29.1 Å². The predicted octanol–water partition coefficient (Wildman–Crippen LogP) is 1.76. The molecular formula is C9H18N2S2. The van der Waals surface area contributed by atoms with Crippen LogP contribution < -0.4 is 10.6 Å². The van der Waals surface area contributed by atoms with Gasteiger partial charge in [0, 0.05) is 18.3 Å². The van der Waals surface area contributed by atoms with Crippen molar-refractivity contribution in [2.45, 2.75) is 32.2 Å². The van der Waals surface area contributed by atoms with E-state index >= 15 is 0 Å². The van der Waals surface area contributed by atoms with Crippen LogP contribution in [0.3, 0.4) is 0 Å². The van der Waals surface area contributed by atoms with Crippen molar-refractivity contribution in [2.24, 2.45) is 0 Å². The summed E-state index contributed by atoms with van der Waals surface area (Å²) in [5, 5.41) is 7.39. The van der Waals surface area contributed by atoms with Gasteiger partial charge in [0.05, 0.1) is 0 Å². The minimum Gasteiger partial charge on any atom is -0.363 e.